The van der Waals surface area contributed by atoms with Crippen LogP contribution in [0.5, 0.6) is 0 Å². The first-order valence-electron chi connectivity index (χ1n) is 5.66. The predicted octanol–water partition coefficient (Wildman–Crippen LogP) is 1.91. The van der Waals surface area contributed by atoms with Crippen molar-refractivity contribution in [3.05, 3.63) is 35.4 Å². The van der Waals surface area contributed by atoms with E-state index in [4.69, 9.17) is 4.74 Å². The van der Waals surface area contributed by atoms with Crippen LogP contribution in [0.4, 0.5) is 0 Å². The summed E-state index contributed by atoms with van der Waals surface area (Å²) >= 11 is 0. The summed E-state index contributed by atoms with van der Waals surface area (Å²) in [4.78, 5) is 0. The highest BCUT2D eigenvalue weighted by molar-refractivity contribution is 5.22. The average molecular weight is 205 g/mol. The van der Waals surface area contributed by atoms with Gasteiger partial charge in [-0.05, 0) is 25.8 Å². The molecule has 0 radical (unpaired) electrons. The molecule has 0 spiro atoms. The Bertz CT molecular complexity index is 324. The van der Waals surface area contributed by atoms with Gasteiger partial charge < -0.3 is 10.1 Å². The molecule has 1 saturated heterocycles. The molecule has 0 bridgehead atoms. The lowest BCUT2D eigenvalue weighted by molar-refractivity contribution is -0.0262. The normalized spacial score (nSPS) is 26.5. The molecular formula is C13H19NO. The molecule has 0 saturated carbocycles. The van der Waals surface area contributed by atoms with Crippen molar-refractivity contribution in [2.45, 2.75) is 32.5 Å². The second-order valence-corrected chi connectivity index (χ2v) is 4.42. The molecule has 2 heteroatoms. The largest absolute Gasteiger partial charge is 0.372 e. The van der Waals surface area contributed by atoms with E-state index in [1.54, 1.807) is 0 Å². The number of morpholine rings is 1. The lowest BCUT2D eigenvalue weighted by atomic mass is 10.0. The molecule has 2 atom stereocenters. The van der Waals surface area contributed by atoms with Crippen LogP contribution in [0.1, 0.15) is 18.1 Å². The summed E-state index contributed by atoms with van der Waals surface area (Å²) < 4.78 is 5.87. The van der Waals surface area contributed by atoms with Gasteiger partial charge in [-0.15, -0.1) is 0 Å². The van der Waals surface area contributed by atoms with Crippen LogP contribution >= 0.6 is 0 Å². The molecule has 1 aliphatic heterocycles. The standard InChI is InChI=1S/C13H19NO/c1-10-4-3-5-12(6-10)7-13-9-14-8-11(2)15-13/h3-6,11,13-14H,7-9H2,1-2H3. The first-order chi connectivity index (χ1) is 7.24. The molecule has 1 aliphatic rings. The van der Waals surface area contributed by atoms with E-state index < -0.39 is 0 Å². The van der Waals surface area contributed by atoms with Crippen molar-refractivity contribution in [1.82, 2.24) is 5.32 Å². The van der Waals surface area contributed by atoms with Crippen molar-refractivity contribution in [1.29, 1.82) is 0 Å². The highest BCUT2D eigenvalue weighted by Gasteiger charge is 2.18. The van der Waals surface area contributed by atoms with Crippen LogP contribution in [0.3, 0.4) is 0 Å². The summed E-state index contributed by atoms with van der Waals surface area (Å²) in [6, 6.07) is 8.66. The van der Waals surface area contributed by atoms with Gasteiger partial charge in [0.2, 0.25) is 0 Å². The monoisotopic (exact) mass is 205 g/mol. The van der Waals surface area contributed by atoms with Gasteiger partial charge in [-0.25, -0.2) is 0 Å². The third-order valence-corrected chi connectivity index (χ3v) is 2.77. The lowest BCUT2D eigenvalue weighted by Gasteiger charge is -2.28. The van der Waals surface area contributed by atoms with Crippen molar-refractivity contribution in [2.75, 3.05) is 13.1 Å². The Hall–Kier alpha value is -0.860. The van der Waals surface area contributed by atoms with Crippen molar-refractivity contribution < 1.29 is 4.74 Å². The molecule has 82 valence electrons. The van der Waals surface area contributed by atoms with E-state index in [-0.39, 0.29) is 0 Å². The van der Waals surface area contributed by atoms with Gasteiger partial charge in [0.25, 0.3) is 0 Å². The van der Waals surface area contributed by atoms with Crippen molar-refractivity contribution in [2.24, 2.45) is 0 Å². The average Bonchev–Trinajstić information content (AvgIpc) is 2.17. The Morgan fingerprint density at radius 2 is 2.27 bits per heavy atom. The Balaban J connectivity index is 1.96. The molecule has 1 fully saturated rings. The highest BCUT2D eigenvalue weighted by Crippen LogP contribution is 2.11. The molecule has 1 aromatic rings. The SMILES string of the molecule is Cc1cccc(CC2CNCC(C)O2)c1. The van der Waals surface area contributed by atoms with E-state index in [1.165, 1.54) is 11.1 Å². The number of hydrogen-bond donors (Lipinski definition) is 1. The fourth-order valence-corrected chi connectivity index (χ4v) is 2.09. The molecule has 2 rings (SSSR count). The molecule has 1 heterocycles. The number of rotatable bonds is 2. The minimum Gasteiger partial charge on any atom is -0.372 e. The molecule has 2 unspecified atom stereocenters. The van der Waals surface area contributed by atoms with Gasteiger partial charge in [0.1, 0.15) is 0 Å². The van der Waals surface area contributed by atoms with Gasteiger partial charge >= 0.3 is 0 Å². The number of nitrogens with one attached hydrogen (secondary N) is 1. The lowest BCUT2D eigenvalue weighted by Crippen LogP contribution is -2.44. The number of benzene rings is 1. The molecule has 15 heavy (non-hydrogen) atoms. The van der Waals surface area contributed by atoms with E-state index >= 15 is 0 Å². The summed E-state index contributed by atoms with van der Waals surface area (Å²) in [5, 5.41) is 3.39. The number of hydrogen-bond acceptors (Lipinski definition) is 2. The van der Waals surface area contributed by atoms with Gasteiger partial charge in [0.15, 0.2) is 0 Å². The third kappa shape index (κ3) is 3.05. The van der Waals surface area contributed by atoms with Gasteiger partial charge in [0.05, 0.1) is 12.2 Å². The zero-order valence-electron chi connectivity index (χ0n) is 9.49. The molecular weight excluding hydrogens is 186 g/mol. The minimum absolute atomic E-state index is 0.329. The Morgan fingerprint density at radius 3 is 3.00 bits per heavy atom. The Morgan fingerprint density at radius 1 is 1.40 bits per heavy atom. The molecule has 0 aromatic heterocycles. The van der Waals surface area contributed by atoms with Crippen LogP contribution in [0, 0.1) is 6.92 Å². The summed E-state index contributed by atoms with van der Waals surface area (Å²) in [6.45, 7) is 6.20. The third-order valence-electron chi connectivity index (χ3n) is 2.77. The van der Waals surface area contributed by atoms with Crippen LogP contribution in [0.2, 0.25) is 0 Å². The van der Waals surface area contributed by atoms with Crippen LogP contribution in [0.25, 0.3) is 0 Å². The maximum atomic E-state index is 5.87. The zero-order chi connectivity index (χ0) is 10.7. The minimum atomic E-state index is 0.329. The molecule has 0 aliphatic carbocycles. The van der Waals surface area contributed by atoms with E-state index in [0.29, 0.717) is 12.2 Å². The number of aryl methyl sites for hydroxylation is 1. The van der Waals surface area contributed by atoms with Gasteiger partial charge in [-0.2, -0.15) is 0 Å². The maximum absolute atomic E-state index is 5.87. The van der Waals surface area contributed by atoms with Crippen molar-refractivity contribution in [3.63, 3.8) is 0 Å². The topological polar surface area (TPSA) is 21.3 Å². The first-order valence-corrected chi connectivity index (χ1v) is 5.66. The fraction of sp³-hybridized carbons (Fsp3) is 0.538. The van der Waals surface area contributed by atoms with Crippen molar-refractivity contribution in [3.8, 4) is 0 Å². The number of ether oxygens (including phenoxy) is 1. The predicted molar refractivity (Wildman–Crippen MR) is 62.1 cm³/mol. The zero-order valence-corrected chi connectivity index (χ0v) is 9.49. The second kappa shape index (κ2) is 4.77. The van der Waals surface area contributed by atoms with Crippen LogP contribution in [0.15, 0.2) is 24.3 Å². The second-order valence-electron chi connectivity index (χ2n) is 4.42. The van der Waals surface area contributed by atoms with E-state index in [9.17, 15) is 0 Å². The fourth-order valence-electron chi connectivity index (χ4n) is 2.09. The Kier molecular flexibility index (Phi) is 3.39. The van der Waals surface area contributed by atoms with E-state index in [1.807, 2.05) is 0 Å². The van der Waals surface area contributed by atoms with Gasteiger partial charge in [-0.1, -0.05) is 29.8 Å². The Labute approximate surface area is 91.6 Å². The summed E-state index contributed by atoms with van der Waals surface area (Å²) in [5.74, 6) is 0. The molecule has 1 N–H and O–H groups in total. The van der Waals surface area contributed by atoms with E-state index in [2.05, 4.69) is 43.4 Å². The van der Waals surface area contributed by atoms with Crippen LogP contribution in [-0.4, -0.2) is 25.3 Å². The first kappa shape index (κ1) is 10.7. The van der Waals surface area contributed by atoms with Crippen molar-refractivity contribution >= 4 is 0 Å². The van der Waals surface area contributed by atoms with E-state index in [0.717, 1.165) is 19.5 Å². The van der Waals surface area contributed by atoms with Gasteiger partial charge in [0, 0.05) is 13.1 Å². The smallest absolute Gasteiger partial charge is 0.0743 e. The summed E-state index contributed by atoms with van der Waals surface area (Å²) in [7, 11) is 0. The molecule has 1 aromatic carbocycles. The van der Waals surface area contributed by atoms with Crippen LogP contribution in [-0.2, 0) is 11.2 Å². The quantitative estimate of drug-likeness (QED) is 0.796. The maximum Gasteiger partial charge on any atom is 0.0743 e. The van der Waals surface area contributed by atoms with Gasteiger partial charge in [-0.3, -0.25) is 0 Å². The van der Waals surface area contributed by atoms with Crippen LogP contribution < -0.4 is 5.32 Å². The molecule has 2 nitrogen and oxygen atoms in total. The summed E-state index contributed by atoms with van der Waals surface area (Å²) in [6.07, 6.45) is 1.68. The molecule has 0 amide bonds. The highest BCUT2D eigenvalue weighted by atomic mass is 16.5. The summed E-state index contributed by atoms with van der Waals surface area (Å²) in [5.41, 5.74) is 2.69.